The number of ether oxygens (including phenoxy) is 1. The molecule has 0 spiro atoms. The molecule has 0 aliphatic rings. The number of furan rings is 1. The normalized spacial score (nSPS) is 12.6. The van der Waals surface area contributed by atoms with Crippen molar-refractivity contribution in [3.05, 3.63) is 35.6 Å². The van der Waals surface area contributed by atoms with Gasteiger partial charge < -0.3 is 9.15 Å². The molecule has 0 saturated carbocycles. The maximum atomic E-state index is 11.8. The minimum absolute atomic E-state index is 0.212. The molecule has 0 N–H and O–H groups in total. The molecule has 1 heterocycles. The number of benzene rings is 1. The summed E-state index contributed by atoms with van der Waals surface area (Å²) in [4.78, 5) is 11.8. The van der Waals surface area contributed by atoms with Crippen molar-refractivity contribution in [2.45, 2.75) is 33.1 Å². The van der Waals surface area contributed by atoms with Crippen LogP contribution in [0.2, 0.25) is 0 Å². The third kappa shape index (κ3) is 2.40. The van der Waals surface area contributed by atoms with Crippen LogP contribution < -0.4 is 0 Å². The first-order valence-electron chi connectivity index (χ1n) is 6.32. The maximum absolute atomic E-state index is 11.8. The van der Waals surface area contributed by atoms with E-state index < -0.39 is 0 Å². The second-order valence-electron chi connectivity index (χ2n) is 4.40. The molecule has 0 fully saturated rings. The Labute approximate surface area is 107 Å². The molecule has 0 aliphatic carbocycles. The third-order valence-corrected chi connectivity index (χ3v) is 3.01. The van der Waals surface area contributed by atoms with E-state index in [-0.39, 0.29) is 11.9 Å². The van der Waals surface area contributed by atoms with Crippen molar-refractivity contribution < 1.29 is 13.9 Å². The van der Waals surface area contributed by atoms with Crippen LogP contribution in [-0.2, 0) is 9.53 Å². The summed E-state index contributed by atoms with van der Waals surface area (Å²) in [5.74, 6) is 0.171. The van der Waals surface area contributed by atoms with Crippen LogP contribution in [-0.4, -0.2) is 12.6 Å². The number of esters is 1. The zero-order valence-corrected chi connectivity index (χ0v) is 11.0. The predicted octanol–water partition coefficient (Wildman–Crippen LogP) is 3.80. The van der Waals surface area contributed by atoms with E-state index >= 15 is 0 Å². The van der Waals surface area contributed by atoms with E-state index in [9.17, 15) is 4.79 Å². The van der Waals surface area contributed by atoms with Gasteiger partial charge >= 0.3 is 5.97 Å². The number of carbonyl (C=O) groups is 1. The summed E-state index contributed by atoms with van der Waals surface area (Å²) in [6, 6.07) is 7.93. The highest BCUT2D eigenvalue weighted by Crippen LogP contribution is 2.28. The van der Waals surface area contributed by atoms with Gasteiger partial charge in [0.1, 0.15) is 17.3 Å². The van der Waals surface area contributed by atoms with Gasteiger partial charge in [-0.2, -0.15) is 0 Å². The summed E-state index contributed by atoms with van der Waals surface area (Å²) in [5.41, 5.74) is 2.00. The standard InChI is InChI=1S/C15H18O3/c1-4-12(15(16)17-5-2)14-9-11-8-10(3)6-7-13(11)18-14/h6-9,12H,4-5H2,1-3H3. The van der Waals surface area contributed by atoms with Crippen LogP contribution in [0.4, 0.5) is 0 Å². The highest BCUT2D eigenvalue weighted by atomic mass is 16.5. The first kappa shape index (κ1) is 12.7. The van der Waals surface area contributed by atoms with Crippen molar-refractivity contribution in [3.63, 3.8) is 0 Å². The molecule has 1 aromatic carbocycles. The monoisotopic (exact) mass is 246 g/mol. The van der Waals surface area contributed by atoms with Crippen molar-refractivity contribution in [1.82, 2.24) is 0 Å². The van der Waals surface area contributed by atoms with Crippen LogP contribution in [0.25, 0.3) is 11.0 Å². The van der Waals surface area contributed by atoms with E-state index in [1.165, 1.54) is 5.56 Å². The lowest BCUT2D eigenvalue weighted by Gasteiger charge is -2.10. The van der Waals surface area contributed by atoms with Crippen LogP contribution in [0.3, 0.4) is 0 Å². The Balaban J connectivity index is 2.36. The summed E-state index contributed by atoms with van der Waals surface area (Å²) in [6.07, 6.45) is 0.678. The van der Waals surface area contributed by atoms with Crippen LogP contribution in [0, 0.1) is 6.92 Å². The second kappa shape index (κ2) is 5.25. The van der Waals surface area contributed by atoms with E-state index in [1.807, 2.05) is 39.0 Å². The molecule has 1 aromatic heterocycles. The fourth-order valence-corrected chi connectivity index (χ4v) is 2.08. The van der Waals surface area contributed by atoms with E-state index in [2.05, 4.69) is 6.07 Å². The zero-order valence-electron chi connectivity index (χ0n) is 11.0. The van der Waals surface area contributed by atoms with Crippen LogP contribution >= 0.6 is 0 Å². The molecule has 96 valence electrons. The van der Waals surface area contributed by atoms with E-state index in [1.54, 1.807) is 0 Å². The summed E-state index contributed by atoms with van der Waals surface area (Å²) in [6.45, 7) is 6.20. The molecule has 3 heteroatoms. The van der Waals surface area contributed by atoms with Crippen molar-refractivity contribution >= 4 is 16.9 Å². The molecule has 0 aliphatic heterocycles. The van der Waals surface area contributed by atoms with Crippen LogP contribution in [0.5, 0.6) is 0 Å². The topological polar surface area (TPSA) is 39.4 Å². The van der Waals surface area contributed by atoms with Gasteiger partial charge in [0.05, 0.1) is 6.61 Å². The smallest absolute Gasteiger partial charge is 0.316 e. The predicted molar refractivity (Wildman–Crippen MR) is 70.6 cm³/mol. The third-order valence-electron chi connectivity index (χ3n) is 3.01. The van der Waals surface area contributed by atoms with Gasteiger partial charge in [-0.05, 0) is 38.5 Å². The van der Waals surface area contributed by atoms with Gasteiger partial charge in [-0.1, -0.05) is 18.6 Å². The Morgan fingerprint density at radius 3 is 2.78 bits per heavy atom. The Morgan fingerprint density at radius 1 is 1.33 bits per heavy atom. The van der Waals surface area contributed by atoms with E-state index in [0.29, 0.717) is 18.8 Å². The number of carbonyl (C=O) groups excluding carboxylic acids is 1. The minimum Gasteiger partial charge on any atom is -0.465 e. The number of hydrogen-bond acceptors (Lipinski definition) is 3. The molecule has 2 rings (SSSR count). The Morgan fingerprint density at radius 2 is 2.11 bits per heavy atom. The van der Waals surface area contributed by atoms with Crippen LogP contribution in [0.15, 0.2) is 28.7 Å². The molecule has 0 amide bonds. The lowest BCUT2D eigenvalue weighted by molar-refractivity contribution is -0.145. The fourth-order valence-electron chi connectivity index (χ4n) is 2.08. The summed E-state index contributed by atoms with van der Waals surface area (Å²) in [7, 11) is 0. The van der Waals surface area contributed by atoms with Crippen LogP contribution in [0.1, 0.15) is 37.5 Å². The van der Waals surface area contributed by atoms with Crippen molar-refractivity contribution in [1.29, 1.82) is 0 Å². The van der Waals surface area contributed by atoms with Gasteiger partial charge in [0, 0.05) is 5.39 Å². The Bertz CT molecular complexity index is 554. The van der Waals surface area contributed by atoms with Gasteiger partial charge in [0.25, 0.3) is 0 Å². The second-order valence-corrected chi connectivity index (χ2v) is 4.40. The first-order valence-corrected chi connectivity index (χ1v) is 6.32. The average Bonchev–Trinajstić information content (AvgIpc) is 2.72. The number of fused-ring (bicyclic) bond motifs is 1. The van der Waals surface area contributed by atoms with Crippen molar-refractivity contribution in [2.75, 3.05) is 6.61 Å². The SMILES string of the molecule is CCOC(=O)C(CC)c1cc2cc(C)ccc2o1. The molecule has 1 atom stereocenters. The zero-order chi connectivity index (χ0) is 13.1. The molecule has 0 bridgehead atoms. The molecular formula is C15H18O3. The summed E-state index contributed by atoms with van der Waals surface area (Å²) < 4.78 is 10.8. The highest BCUT2D eigenvalue weighted by molar-refractivity contribution is 5.83. The largest absolute Gasteiger partial charge is 0.465 e. The summed E-state index contributed by atoms with van der Waals surface area (Å²) in [5, 5.41) is 1.03. The van der Waals surface area contributed by atoms with Crippen molar-refractivity contribution in [2.24, 2.45) is 0 Å². The van der Waals surface area contributed by atoms with Crippen molar-refractivity contribution in [3.8, 4) is 0 Å². The van der Waals surface area contributed by atoms with Gasteiger partial charge in [-0.15, -0.1) is 0 Å². The number of aryl methyl sites for hydroxylation is 1. The average molecular weight is 246 g/mol. The van der Waals surface area contributed by atoms with Gasteiger partial charge in [-0.25, -0.2) is 0 Å². The minimum atomic E-state index is -0.308. The van der Waals surface area contributed by atoms with E-state index in [4.69, 9.17) is 9.15 Å². The van der Waals surface area contributed by atoms with Gasteiger partial charge in [0.15, 0.2) is 0 Å². The first-order chi connectivity index (χ1) is 8.65. The molecular weight excluding hydrogens is 228 g/mol. The Hall–Kier alpha value is -1.77. The maximum Gasteiger partial charge on any atom is 0.316 e. The molecule has 2 aromatic rings. The molecule has 0 radical (unpaired) electrons. The summed E-state index contributed by atoms with van der Waals surface area (Å²) >= 11 is 0. The lowest BCUT2D eigenvalue weighted by Crippen LogP contribution is -2.14. The van der Waals surface area contributed by atoms with Gasteiger partial charge in [-0.3, -0.25) is 4.79 Å². The van der Waals surface area contributed by atoms with E-state index in [0.717, 1.165) is 11.0 Å². The highest BCUT2D eigenvalue weighted by Gasteiger charge is 2.23. The molecule has 18 heavy (non-hydrogen) atoms. The number of rotatable bonds is 4. The van der Waals surface area contributed by atoms with Gasteiger partial charge in [0.2, 0.25) is 0 Å². The molecule has 1 unspecified atom stereocenters. The fraction of sp³-hybridized carbons (Fsp3) is 0.400. The lowest BCUT2D eigenvalue weighted by atomic mass is 10.0. The Kier molecular flexibility index (Phi) is 3.70. The number of hydrogen-bond donors (Lipinski definition) is 0. The molecule has 0 saturated heterocycles. The quantitative estimate of drug-likeness (QED) is 0.770. The molecule has 3 nitrogen and oxygen atoms in total.